The Kier molecular flexibility index (Phi) is 5.67. The Morgan fingerprint density at radius 3 is 2.35 bits per heavy atom. The molecule has 3 heterocycles. The molecule has 8 heteroatoms. The summed E-state index contributed by atoms with van der Waals surface area (Å²) in [4.78, 5) is 41.2. The van der Waals surface area contributed by atoms with Gasteiger partial charge in [-0.2, -0.15) is 5.10 Å². The molecular weight excluding hydrogens is 435 g/mol. The number of hydrogen-bond donors (Lipinski definition) is 1. The first-order valence-corrected chi connectivity index (χ1v) is 11.6. The second-order valence-corrected chi connectivity index (χ2v) is 9.66. The van der Waals surface area contributed by atoms with Crippen molar-refractivity contribution < 1.29 is 14.0 Å². The van der Waals surface area contributed by atoms with Gasteiger partial charge < -0.3 is 9.80 Å². The fourth-order valence-corrected chi connectivity index (χ4v) is 5.22. The summed E-state index contributed by atoms with van der Waals surface area (Å²) in [6.45, 7) is 6.15. The molecule has 2 aliphatic rings. The number of hydrogen-bond acceptors (Lipinski definition) is 4. The molecule has 5 rings (SSSR count). The molecule has 34 heavy (non-hydrogen) atoms. The number of aromatic amines is 1. The van der Waals surface area contributed by atoms with Gasteiger partial charge in [0.2, 0.25) is 5.91 Å². The molecule has 176 valence electrons. The van der Waals surface area contributed by atoms with Gasteiger partial charge in [0, 0.05) is 55.7 Å². The van der Waals surface area contributed by atoms with Gasteiger partial charge in [-0.15, -0.1) is 0 Å². The Morgan fingerprint density at radius 2 is 1.68 bits per heavy atom. The van der Waals surface area contributed by atoms with Crippen LogP contribution in [0.5, 0.6) is 0 Å². The molecule has 0 bridgehead atoms. The van der Waals surface area contributed by atoms with Crippen molar-refractivity contribution in [1.82, 2.24) is 20.0 Å². The number of fused-ring (bicyclic) bond motifs is 2. The molecular formula is C26H27FN4O3. The first-order valence-electron chi connectivity index (χ1n) is 11.6. The van der Waals surface area contributed by atoms with E-state index in [1.807, 2.05) is 30.9 Å². The van der Waals surface area contributed by atoms with Crippen molar-refractivity contribution in [1.29, 1.82) is 0 Å². The molecule has 2 fully saturated rings. The molecule has 2 aliphatic heterocycles. The Balaban J connectivity index is 1.34. The molecule has 2 atom stereocenters. The largest absolute Gasteiger partial charge is 0.342 e. The normalized spacial score (nSPS) is 19.8. The summed E-state index contributed by atoms with van der Waals surface area (Å²) in [5.41, 5.74) is 1.18. The number of carbonyl (C=O) groups excluding carboxylic acids is 2. The number of rotatable bonds is 4. The van der Waals surface area contributed by atoms with E-state index in [1.54, 1.807) is 29.2 Å². The van der Waals surface area contributed by atoms with Gasteiger partial charge in [0.15, 0.2) is 0 Å². The van der Waals surface area contributed by atoms with E-state index in [1.165, 1.54) is 6.07 Å². The molecule has 2 unspecified atom stereocenters. The number of carbonyl (C=O) groups is 2. The van der Waals surface area contributed by atoms with Crippen LogP contribution in [0.25, 0.3) is 10.8 Å². The third-order valence-electron chi connectivity index (χ3n) is 6.99. The standard InChI is InChI=1S/C26H27FN4O3/c1-15(2)25(33)30-11-17-13-31(14-18(17)12-30)26(34)21-9-16(7-8-22(21)27)10-23-19-5-3-4-6-20(19)24(32)29-28-23/h3-9,15,17-18H,10-14H2,1-2H3,(H,29,32). The summed E-state index contributed by atoms with van der Waals surface area (Å²) < 4.78 is 14.7. The van der Waals surface area contributed by atoms with Crippen molar-refractivity contribution in [2.75, 3.05) is 26.2 Å². The van der Waals surface area contributed by atoms with Crippen LogP contribution in [0, 0.1) is 23.6 Å². The number of H-pyrrole nitrogens is 1. The summed E-state index contributed by atoms with van der Waals surface area (Å²) in [5.74, 6) is -0.308. The second-order valence-electron chi connectivity index (χ2n) is 9.66. The van der Waals surface area contributed by atoms with E-state index in [-0.39, 0.29) is 40.7 Å². The van der Waals surface area contributed by atoms with Crippen molar-refractivity contribution in [2.24, 2.45) is 17.8 Å². The van der Waals surface area contributed by atoms with E-state index in [4.69, 9.17) is 0 Å². The summed E-state index contributed by atoms with van der Waals surface area (Å²) in [6.07, 6.45) is 0.357. The Morgan fingerprint density at radius 1 is 1.03 bits per heavy atom. The molecule has 2 saturated heterocycles. The van der Waals surface area contributed by atoms with E-state index in [0.717, 1.165) is 10.9 Å². The number of benzene rings is 2. The molecule has 1 aromatic heterocycles. The van der Waals surface area contributed by atoms with E-state index >= 15 is 0 Å². The molecule has 0 aliphatic carbocycles. The van der Waals surface area contributed by atoms with Crippen molar-refractivity contribution >= 4 is 22.6 Å². The lowest BCUT2D eigenvalue weighted by Crippen LogP contribution is -2.37. The van der Waals surface area contributed by atoms with E-state index < -0.39 is 5.82 Å². The monoisotopic (exact) mass is 462 g/mol. The smallest absolute Gasteiger partial charge is 0.272 e. The van der Waals surface area contributed by atoms with Crippen LogP contribution in [0.2, 0.25) is 0 Å². The zero-order valence-electron chi connectivity index (χ0n) is 19.3. The summed E-state index contributed by atoms with van der Waals surface area (Å²) in [5, 5.41) is 7.98. The second kappa shape index (κ2) is 8.66. The van der Waals surface area contributed by atoms with Crippen LogP contribution in [0.4, 0.5) is 4.39 Å². The number of aromatic nitrogens is 2. The highest BCUT2D eigenvalue weighted by Crippen LogP contribution is 2.33. The zero-order chi connectivity index (χ0) is 24.0. The summed E-state index contributed by atoms with van der Waals surface area (Å²) in [7, 11) is 0. The van der Waals surface area contributed by atoms with E-state index in [9.17, 15) is 18.8 Å². The van der Waals surface area contributed by atoms with Gasteiger partial charge in [0.25, 0.3) is 11.5 Å². The Labute approximate surface area is 196 Å². The molecule has 0 spiro atoms. The average molecular weight is 463 g/mol. The first kappa shape index (κ1) is 22.3. The van der Waals surface area contributed by atoms with Crippen LogP contribution in [0.15, 0.2) is 47.3 Å². The molecule has 1 N–H and O–H groups in total. The Bertz CT molecular complexity index is 1320. The highest BCUT2D eigenvalue weighted by atomic mass is 19.1. The van der Waals surface area contributed by atoms with Gasteiger partial charge in [0.1, 0.15) is 5.82 Å². The molecule has 7 nitrogen and oxygen atoms in total. The third kappa shape index (κ3) is 3.97. The SMILES string of the molecule is CC(C)C(=O)N1CC2CN(C(=O)c3cc(Cc4n[nH]c(=O)c5ccccc45)ccc3F)CC2C1. The lowest BCUT2D eigenvalue weighted by molar-refractivity contribution is -0.133. The van der Waals surface area contributed by atoms with Crippen molar-refractivity contribution in [3.63, 3.8) is 0 Å². The van der Waals surface area contributed by atoms with E-state index in [0.29, 0.717) is 43.7 Å². The van der Waals surface area contributed by atoms with Gasteiger partial charge in [-0.25, -0.2) is 9.49 Å². The quantitative estimate of drug-likeness (QED) is 0.646. The van der Waals surface area contributed by atoms with Crippen molar-refractivity contribution in [3.8, 4) is 0 Å². The Hall–Kier alpha value is -3.55. The van der Waals surface area contributed by atoms with Crippen LogP contribution >= 0.6 is 0 Å². The highest BCUT2D eigenvalue weighted by Gasteiger charge is 2.43. The topological polar surface area (TPSA) is 86.4 Å². The number of likely N-dealkylation sites (tertiary alicyclic amines) is 2. The van der Waals surface area contributed by atoms with Gasteiger partial charge in [-0.1, -0.05) is 38.1 Å². The zero-order valence-corrected chi connectivity index (χ0v) is 19.3. The van der Waals surface area contributed by atoms with E-state index in [2.05, 4.69) is 10.2 Å². The molecule has 2 amide bonds. The maximum Gasteiger partial charge on any atom is 0.272 e. The van der Waals surface area contributed by atoms with Crippen LogP contribution in [-0.2, 0) is 11.2 Å². The minimum Gasteiger partial charge on any atom is -0.342 e. The summed E-state index contributed by atoms with van der Waals surface area (Å²) in [6, 6.07) is 11.7. The van der Waals surface area contributed by atoms with Crippen LogP contribution < -0.4 is 5.56 Å². The predicted molar refractivity (Wildman–Crippen MR) is 126 cm³/mol. The molecule has 3 aromatic rings. The molecule has 0 radical (unpaired) electrons. The van der Waals surface area contributed by atoms with Gasteiger partial charge in [-0.05, 0) is 23.8 Å². The third-order valence-corrected chi connectivity index (χ3v) is 6.99. The average Bonchev–Trinajstić information content (AvgIpc) is 3.41. The molecule has 2 aromatic carbocycles. The minimum atomic E-state index is -0.554. The number of nitrogens with zero attached hydrogens (tertiary/aromatic N) is 3. The lowest BCUT2D eigenvalue weighted by atomic mass is 10.0. The van der Waals surface area contributed by atoms with Crippen LogP contribution in [0.1, 0.15) is 35.5 Å². The van der Waals surface area contributed by atoms with Crippen molar-refractivity contribution in [3.05, 3.63) is 75.5 Å². The van der Waals surface area contributed by atoms with Crippen LogP contribution in [0.3, 0.4) is 0 Å². The first-order chi connectivity index (χ1) is 16.3. The number of halogens is 1. The highest BCUT2D eigenvalue weighted by molar-refractivity contribution is 5.95. The van der Waals surface area contributed by atoms with Gasteiger partial charge in [0.05, 0.1) is 16.6 Å². The predicted octanol–water partition coefficient (Wildman–Crippen LogP) is 2.84. The van der Waals surface area contributed by atoms with Crippen LogP contribution in [-0.4, -0.2) is 58.0 Å². The van der Waals surface area contributed by atoms with Crippen molar-refractivity contribution in [2.45, 2.75) is 20.3 Å². The number of amides is 2. The minimum absolute atomic E-state index is 0.0394. The lowest BCUT2D eigenvalue weighted by Gasteiger charge is -2.23. The summed E-state index contributed by atoms with van der Waals surface area (Å²) >= 11 is 0. The van der Waals surface area contributed by atoms with Gasteiger partial charge >= 0.3 is 0 Å². The maximum atomic E-state index is 14.7. The number of nitrogens with one attached hydrogen (secondary N) is 1. The maximum absolute atomic E-state index is 14.7. The fourth-order valence-electron chi connectivity index (χ4n) is 5.22. The fraction of sp³-hybridized carbons (Fsp3) is 0.385. The molecule has 0 saturated carbocycles. The van der Waals surface area contributed by atoms with Gasteiger partial charge in [-0.3, -0.25) is 14.4 Å².